The fraction of sp³-hybridized carbons (Fsp3) is 0.286. The Balaban J connectivity index is 2.48. The lowest BCUT2D eigenvalue weighted by Crippen LogP contribution is -2.27. The van der Waals surface area contributed by atoms with Crippen molar-refractivity contribution in [1.82, 2.24) is 15.2 Å². The van der Waals surface area contributed by atoms with Gasteiger partial charge in [0.2, 0.25) is 0 Å². The Kier molecular flexibility index (Phi) is 3.96. The molecule has 0 saturated heterocycles. The molecule has 1 heterocycles. The number of hydrogen-bond donors (Lipinski definition) is 4. The van der Waals surface area contributed by atoms with Crippen LogP contribution < -0.4 is 22.7 Å². The molecule has 0 aliphatic rings. The zero-order valence-corrected chi connectivity index (χ0v) is 12.8. The average molecular weight is 304 g/mol. The minimum Gasteiger partial charge on any atom is -0.442 e. The zero-order valence-electron chi connectivity index (χ0n) is 12.8. The summed E-state index contributed by atoms with van der Waals surface area (Å²) in [6.07, 6.45) is 0.865. The van der Waals surface area contributed by atoms with Crippen molar-refractivity contribution in [2.24, 2.45) is 11.6 Å². The van der Waals surface area contributed by atoms with E-state index in [1.807, 2.05) is 0 Å². The van der Waals surface area contributed by atoms with Crippen LogP contribution in [-0.4, -0.2) is 21.5 Å². The lowest BCUT2D eigenvalue weighted by atomic mass is 10.1. The highest BCUT2D eigenvalue weighted by atomic mass is 16.6. The number of nitrogens with two attached hydrogens (primary N) is 3. The Morgan fingerprint density at radius 1 is 1.41 bits per heavy atom. The number of aromatic nitrogens is 2. The van der Waals surface area contributed by atoms with Gasteiger partial charge in [-0.3, -0.25) is 5.84 Å². The smallest absolute Gasteiger partial charge is 0.435 e. The van der Waals surface area contributed by atoms with E-state index in [1.54, 1.807) is 39.0 Å². The minimum atomic E-state index is -0.621. The third kappa shape index (κ3) is 3.12. The minimum absolute atomic E-state index is 0.219. The summed E-state index contributed by atoms with van der Waals surface area (Å²) >= 11 is 0. The highest BCUT2D eigenvalue weighted by molar-refractivity contribution is 5.96. The maximum atomic E-state index is 12.2. The Bertz CT molecular complexity index is 742. The number of nitrogen functional groups attached to an aromatic ring is 1. The molecule has 0 spiro atoms. The Morgan fingerprint density at radius 3 is 2.68 bits per heavy atom. The van der Waals surface area contributed by atoms with Gasteiger partial charge in [-0.25, -0.2) is 4.79 Å². The van der Waals surface area contributed by atoms with Crippen molar-refractivity contribution >= 4 is 28.5 Å². The standard InChI is InChI=1S/C14H20N6O2/c1-14(2,3)22-13(21)20-11-5-4-8(10(15)7-18-17)6-9(11)12(16)19-20/h4-7,18H,15,17H2,1-3H3,(H2,16,19)/b10-7-. The van der Waals surface area contributed by atoms with Gasteiger partial charge in [-0.2, -0.15) is 4.68 Å². The predicted octanol–water partition coefficient (Wildman–Crippen LogP) is 1.12. The van der Waals surface area contributed by atoms with Crippen molar-refractivity contribution < 1.29 is 9.53 Å². The summed E-state index contributed by atoms with van der Waals surface area (Å²) < 4.78 is 6.44. The highest BCUT2D eigenvalue weighted by Crippen LogP contribution is 2.24. The third-order valence-electron chi connectivity index (χ3n) is 2.85. The van der Waals surface area contributed by atoms with E-state index in [2.05, 4.69) is 10.5 Å². The van der Waals surface area contributed by atoms with Gasteiger partial charge in [-0.1, -0.05) is 6.07 Å². The number of anilines is 1. The highest BCUT2D eigenvalue weighted by Gasteiger charge is 2.21. The van der Waals surface area contributed by atoms with Gasteiger partial charge in [-0.15, -0.1) is 5.10 Å². The molecule has 0 bridgehead atoms. The van der Waals surface area contributed by atoms with Crippen LogP contribution in [0.2, 0.25) is 0 Å². The van der Waals surface area contributed by atoms with Crippen LogP contribution in [0.4, 0.5) is 10.6 Å². The Hall–Kier alpha value is -2.74. The van der Waals surface area contributed by atoms with E-state index in [0.717, 1.165) is 4.68 Å². The predicted molar refractivity (Wildman–Crippen MR) is 85.3 cm³/mol. The van der Waals surface area contributed by atoms with Gasteiger partial charge >= 0.3 is 6.09 Å². The van der Waals surface area contributed by atoms with Crippen LogP contribution >= 0.6 is 0 Å². The van der Waals surface area contributed by atoms with Crippen molar-refractivity contribution in [3.8, 4) is 0 Å². The summed E-state index contributed by atoms with van der Waals surface area (Å²) in [6, 6.07) is 5.18. The van der Waals surface area contributed by atoms with E-state index in [-0.39, 0.29) is 5.82 Å². The first-order valence-electron chi connectivity index (χ1n) is 6.66. The summed E-state index contributed by atoms with van der Waals surface area (Å²) in [5.74, 6) is 5.42. The number of carbonyl (C=O) groups excluding carboxylic acids is 1. The van der Waals surface area contributed by atoms with Crippen LogP contribution in [0.25, 0.3) is 16.6 Å². The van der Waals surface area contributed by atoms with Gasteiger partial charge in [0, 0.05) is 11.6 Å². The van der Waals surface area contributed by atoms with E-state index >= 15 is 0 Å². The zero-order chi connectivity index (χ0) is 16.5. The molecule has 0 unspecified atom stereocenters. The van der Waals surface area contributed by atoms with Crippen LogP contribution in [0.5, 0.6) is 0 Å². The largest absolute Gasteiger partial charge is 0.442 e. The Labute approximate surface area is 127 Å². The third-order valence-corrected chi connectivity index (χ3v) is 2.85. The summed E-state index contributed by atoms with van der Waals surface area (Å²) in [7, 11) is 0. The van der Waals surface area contributed by atoms with Gasteiger partial charge in [0.25, 0.3) is 0 Å². The molecule has 0 fully saturated rings. The topological polar surface area (TPSA) is 134 Å². The van der Waals surface area contributed by atoms with Crippen LogP contribution in [0.15, 0.2) is 24.4 Å². The number of nitrogens with zero attached hydrogens (tertiary/aromatic N) is 2. The van der Waals surface area contributed by atoms with Gasteiger partial charge < -0.3 is 21.6 Å². The molecule has 118 valence electrons. The van der Waals surface area contributed by atoms with Crippen LogP contribution in [0.3, 0.4) is 0 Å². The number of rotatable bonds is 2. The second-order valence-corrected chi connectivity index (χ2v) is 5.78. The molecule has 0 aliphatic heterocycles. The molecule has 0 saturated carbocycles. The molecule has 1 aromatic heterocycles. The molecular weight excluding hydrogens is 284 g/mol. The van der Waals surface area contributed by atoms with Gasteiger partial charge in [-0.05, 0) is 38.5 Å². The van der Waals surface area contributed by atoms with Crippen LogP contribution in [-0.2, 0) is 4.74 Å². The van der Waals surface area contributed by atoms with Crippen molar-refractivity contribution in [3.05, 3.63) is 30.0 Å². The molecule has 0 radical (unpaired) electrons. The molecule has 0 aliphatic carbocycles. The average Bonchev–Trinajstić information content (AvgIpc) is 2.74. The number of nitrogens with one attached hydrogen (secondary N) is 1. The number of ether oxygens (including phenoxy) is 1. The number of carbonyl (C=O) groups is 1. The molecule has 22 heavy (non-hydrogen) atoms. The maximum absolute atomic E-state index is 12.2. The Morgan fingerprint density at radius 2 is 2.09 bits per heavy atom. The molecule has 7 N–H and O–H groups in total. The van der Waals surface area contributed by atoms with E-state index in [0.29, 0.717) is 22.2 Å². The SMILES string of the molecule is CC(C)(C)OC(=O)n1nc(N)c2cc(/C(N)=C/NN)ccc21. The monoisotopic (exact) mass is 304 g/mol. The number of hydrazine groups is 1. The fourth-order valence-corrected chi connectivity index (χ4v) is 1.94. The molecule has 8 nitrogen and oxygen atoms in total. The van der Waals surface area contributed by atoms with E-state index < -0.39 is 11.7 Å². The first kappa shape index (κ1) is 15.6. The fourth-order valence-electron chi connectivity index (χ4n) is 1.94. The van der Waals surface area contributed by atoms with E-state index in [4.69, 9.17) is 22.0 Å². The summed E-state index contributed by atoms with van der Waals surface area (Å²) in [4.78, 5) is 12.2. The van der Waals surface area contributed by atoms with Crippen molar-refractivity contribution in [2.75, 3.05) is 5.73 Å². The van der Waals surface area contributed by atoms with Crippen molar-refractivity contribution in [3.63, 3.8) is 0 Å². The molecule has 2 aromatic rings. The van der Waals surface area contributed by atoms with Gasteiger partial charge in [0.1, 0.15) is 5.60 Å². The summed E-state index contributed by atoms with van der Waals surface area (Å²) in [5.41, 5.74) is 15.2. The summed E-state index contributed by atoms with van der Waals surface area (Å²) in [5, 5.41) is 4.65. The number of fused-ring (bicyclic) bond motifs is 1. The van der Waals surface area contributed by atoms with Crippen LogP contribution in [0, 0.1) is 0 Å². The molecular formula is C14H20N6O2. The number of benzene rings is 1. The second-order valence-electron chi connectivity index (χ2n) is 5.78. The van der Waals surface area contributed by atoms with Gasteiger partial charge in [0.15, 0.2) is 5.82 Å². The summed E-state index contributed by atoms with van der Waals surface area (Å²) in [6.45, 7) is 5.34. The first-order valence-corrected chi connectivity index (χ1v) is 6.66. The quantitative estimate of drug-likeness (QED) is 0.482. The van der Waals surface area contributed by atoms with E-state index in [9.17, 15) is 4.79 Å². The molecule has 0 amide bonds. The first-order chi connectivity index (χ1) is 10.2. The van der Waals surface area contributed by atoms with Gasteiger partial charge in [0.05, 0.1) is 11.2 Å². The second kappa shape index (κ2) is 5.57. The molecule has 0 atom stereocenters. The van der Waals surface area contributed by atoms with Crippen LogP contribution in [0.1, 0.15) is 26.3 Å². The lowest BCUT2D eigenvalue weighted by molar-refractivity contribution is 0.0523. The molecule has 8 heteroatoms. The lowest BCUT2D eigenvalue weighted by Gasteiger charge is -2.19. The number of hydrogen-bond acceptors (Lipinski definition) is 7. The molecule has 1 aromatic carbocycles. The maximum Gasteiger partial charge on any atom is 0.435 e. The van der Waals surface area contributed by atoms with Crippen molar-refractivity contribution in [2.45, 2.75) is 26.4 Å². The van der Waals surface area contributed by atoms with E-state index in [1.165, 1.54) is 6.20 Å². The molecule has 2 rings (SSSR count). The van der Waals surface area contributed by atoms with Crippen molar-refractivity contribution in [1.29, 1.82) is 0 Å². The normalized spacial score (nSPS) is 12.5.